The summed E-state index contributed by atoms with van der Waals surface area (Å²) in [6.07, 6.45) is -2.76. The molecule has 3 aromatic carbocycles. The van der Waals surface area contributed by atoms with Gasteiger partial charge in [-0.1, -0.05) is 36.4 Å². The zero-order valence-corrected chi connectivity index (χ0v) is 18.0. The molecule has 0 bridgehead atoms. The van der Waals surface area contributed by atoms with Crippen LogP contribution in [0.25, 0.3) is 11.1 Å². The number of aliphatic carboxylic acids is 1. The first-order chi connectivity index (χ1) is 15.7. The fourth-order valence-electron chi connectivity index (χ4n) is 3.47. The van der Waals surface area contributed by atoms with Crippen LogP contribution in [-0.4, -0.2) is 24.0 Å². The van der Waals surface area contributed by atoms with Gasteiger partial charge in [-0.25, -0.2) is 13.2 Å². The molecule has 5 nitrogen and oxygen atoms in total. The summed E-state index contributed by atoms with van der Waals surface area (Å²) in [5.74, 6) is -1.06. The molecule has 0 aromatic heterocycles. The van der Waals surface area contributed by atoms with E-state index in [0.29, 0.717) is 33.7 Å². The largest absolute Gasteiger partial charge is 0.489 e. The minimum Gasteiger partial charge on any atom is -0.489 e. The predicted molar refractivity (Wildman–Crippen MR) is 121 cm³/mol. The van der Waals surface area contributed by atoms with Gasteiger partial charge in [-0.15, -0.1) is 0 Å². The molecule has 3 rings (SSSR count). The summed E-state index contributed by atoms with van der Waals surface area (Å²) in [5.41, 5.74) is 8.47. The third-order valence-corrected chi connectivity index (χ3v) is 4.99. The quantitative estimate of drug-likeness (QED) is 0.379. The van der Waals surface area contributed by atoms with E-state index in [-0.39, 0.29) is 18.6 Å². The second-order valence-corrected chi connectivity index (χ2v) is 7.65. The lowest BCUT2D eigenvalue weighted by atomic mass is 9.97. The molecule has 174 valence electrons. The van der Waals surface area contributed by atoms with E-state index in [9.17, 15) is 13.6 Å². The second kappa shape index (κ2) is 10.9. The van der Waals surface area contributed by atoms with Crippen LogP contribution in [0, 0.1) is 5.82 Å². The molecule has 0 heterocycles. The number of rotatable bonds is 10. The summed E-state index contributed by atoms with van der Waals surface area (Å²) in [6.45, 7) is 1.15. The maximum absolute atomic E-state index is 15.1. The van der Waals surface area contributed by atoms with Gasteiger partial charge in [0.2, 0.25) is 0 Å². The molecule has 0 amide bonds. The molecule has 0 spiro atoms. The molecular weight excluding hydrogens is 433 g/mol. The van der Waals surface area contributed by atoms with Crippen LogP contribution in [0.1, 0.15) is 29.7 Å². The maximum atomic E-state index is 15.1. The van der Waals surface area contributed by atoms with E-state index in [1.807, 2.05) is 0 Å². The lowest BCUT2D eigenvalue weighted by Gasteiger charge is -2.16. The fourth-order valence-corrected chi connectivity index (χ4v) is 3.47. The van der Waals surface area contributed by atoms with Crippen molar-refractivity contribution in [1.82, 2.24) is 0 Å². The molecule has 4 N–H and O–H groups in total. The summed E-state index contributed by atoms with van der Waals surface area (Å²) in [4.78, 5) is 11.1. The van der Waals surface area contributed by atoms with Crippen molar-refractivity contribution in [2.75, 3.05) is 11.9 Å². The Balaban J connectivity index is 1.95. The molecule has 33 heavy (non-hydrogen) atoms. The molecule has 0 aliphatic rings. The van der Waals surface area contributed by atoms with E-state index >= 15 is 4.39 Å². The minimum atomic E-state index is -2.56. The molecule has 0 saturated carbocycles. The van der Waals surface area contributed by atoms with Crippen LogP contribution < -0.4 is 15.8 Å². The molecule has 8 heteroatoms. The highest BCUT2D eigenvalue weighted by Crippen LogP contribution is 2.31. The fraction of sp³-hybridized carbons (Fsp3) is 0.240. The van der Waals surface area contributed by atoms with Crippen LogP contribution in [0.3, 0.4) is 0 Å². The summed E-state index contributed by atoms with van der Waals surface area (Å²) < 4.78 is 46.5. The van der Waals surface area contributed by atoms with Gasteiger partial charge in [0.1, 0.15) is 18.2 Å². The number of nitrogens with two attached hydrogens (primary N) is 1. The second-order valence-electron chi connectivity index (χ2n) is 7.65. The van der Waals surface area contributed by atoms with Crippen molar-refractivity contribution in [3.63, 3.8) is 0 Å². The molecule has 0 aliphatic carbocycles. The van der Waals surface area contributed by atoms with Crippen molar-refractivity contribution in [2.24, 2.45) is 5.73 Å². The third kappa shape index (κ3) is 6.49. The van der Waals surface area contributed by atoms with Gasteiger partial charge in [0.05, 0.1) is 13.0 Å². The minimum absolute atomic E-state index is 0.0302. The Hall–Kier alpha value is -3.52. The average molecular weight is 458 g/mol. The van der Waals surface area contributed by atoms with Crippen LogP contribution in [0.4, 0.5) is 18.9 Å². The van der Waals surface area contributed by atoms with Gasteiger partial charge >= 0.3 is 5.97 Å². The lowest BCUT2D eigenvalue weighted by Crippen LogP contribution is -2.11. The number of benzene rings is 3. The van der Waals surface area contributed by atoms with Gasteiger partial charge in [0.15, 0.2) is 0 Å². The summed E-state index contributed by atoms with van der Waals surface area (Å²) in [7, 11) is 0. The van der Waals surface area contributed by atoms with Crippen LogP contribution in [0.15, 0.2) is 60.7 Å². The maximum Gasteiger partial charge on any atom is 0.307 e. The summed E-state index contributed by atoms with van der Waals surface area (Å²) >= 11 is 0. The number of hydrogen-bond acceptors (Lipinski definition) is 4. The SMILES string of the molecule is C[C@@H](N)c1cccc(-c2cc(COc3ccccc3CC(=O)O)cc(NCC(F)F)c2)c1F. The smallest absolute Gasteiger partial charge is 0.307 e. The van der Waals surface area contributed by atoms with E-state index in [0.717, 1.165) is 0 Å². The van der Waals surface area contributed by atoms with Gasteiger partial charge in [0.25, 0.3) is 6.43 Å². The monoisotopic (exact) mass is 458 g/mol. The molecule has 0 saturated heterocycles. The van der Waals surface area contributed by atoms with Gasteiger partial charge in [-0.3, -0.25) is 4.79 Å². The molecule has 3 aromatic rings. The standard InChI is InChI=1S/C25H25F3N2O3/c1-15(29)20-6-4-7-21(25(20)28)18-9-16(10-19(11-18)30-13-23(26)27)14-33-22-8-3-2-5-17(22)12-24(31)32/h2-11,15,23,30H,12-14,29H2,1H3,(H,31,32)/t15-/m1/s1. The number of hydrogen-bond donors (Lipinski definition) is 3. The number of carboxylic acid groups (broad SMARTS) is 1. The number of carboxylic acids is 1. The summed E-state index contributed by atoms with van der Waals surface area (Å²) in [5, 5.41) is 11.8. The van der Waals surface area contributed by atoms with Gasteiger partial charge in [-0.05, 0) is 42.3 Å². The van der Waals surface area contributed by atoms with E-state index in [2.05, 4.69) is 5.32 Å². The zero-order chi connectivity index (χ0) is 24.0. The molecule has 0 unspecified atom stereocenters. The van der Waals surface area contributed by atoms with Gasteiger partial charge in [-0.2, -0.15) is 0 Å². The molecule has 0 aliphatic heterocycles. The first kappa shape index (κ1) is 24.1. The van der Waals surface area contributed by atoms with Crippen molar-refractivity contribution in [2.45, 2.75) is 32.4 Å². The number of ether oxygens (including phenoxy) is 1. The Kier molecular flexibility index (Phi) is 7.95. The van der Waals surface area contributed by atoms with Crippen molar-refractivity contribution < 1.29 is 27.8 Å². The van der Waals surface area contributed by atoms with Crippen molar-refractivity contribution >= 4 is 11.7 Å². The Morgan fingerprint density at radius 1 is 1.12 bits per heavy atom. The number of halogens is 3. The molecule has 0 radical (unpaired) electrons. The topological polar surface area (TPSA) is 84.6 Å². The van der Waals surface area contributed by atoms with E-state index in [1.165, 1.54) is 0 Å². The molecule has 1 atom stereocenters. The van der Waals surface area contributed by atoms with E-state index < -0.39 is 30.8 Å². The Morgan fingerprint density at radius 3 is 2.58 bits per heavy atom. The van der Waals surface area contributed by atoms with Gasteiger partial charge < -0.3 is 20.9 Å². The highest BCUT2D eigenvalue weighted by Gasteiger charge is 2.15. The summed E-state index contributed by atoms with van der Waals surface area (Å²) in [6, 6.07) is 16.1. The zero-order valence-electron chi connectivity index (χ0n) is 18.0. The lowest BCUT2D eigenvalue weighted by molar-refractivity contribution is -0.136. The first-order valence-electron chi connectivity index (χ1n) is 10.4. The number of alkyl halides is 2. The van der Waals surface area contributed by atoms with Crippen molar-refractivity contribution in [3.05, 3.63) is 83.2 Å². The van der Waals surface area contributed by atoms with Crippen LogP contribution >= 0.6 is 0 Å². The third-order valence-electron chi connectivity index (χ3n) is 4.99. The Bertz CT molecular complexity index is 1120. The number of nitrogens with one attached hydrogen (secondary N) is 1. The van der Waals surface area contributed by atoms with E-state index in [4.69, 9.17) is 15.6 Å². The highest BCUT2D eigenvalue weighted by atomic mass is 19.3. The van der Waals surface area contributed by atoms with Crippen LogP contribution in [0.2, 0.25) is 0 Å². The number of anilines is 1. The van der Waals surface area contributed by atoms with Crippen LogP contribution in [0.5, 0.6) is 5.75 Å². The predicted octanol–water partition coefficient (Wildman–Crippen LogP) is 5.40. The molecule has 0 fully saturated rings. The normalized spacial score (nSPS) is 11.9. The number of carbonyl (C=O) groups is 1. The number of para-hydroxylation sites is 1. The van der Waals surface area contributed by atoms with Crippen molar-refractivity contribution in [3.8, 4) is 16.9 Å². The molecular formula is C25H25F3N2O3. The van der Waals surface area contributed by atoms with Crippen LogP contribution in [-0.2, 0) is 17.8 Å². The Morgan fingerprint density at radius 2 is 1.88 bits per heavy atom. The first-order valence-corrected chi connectivity index (χ1v) is 10.4. The Labute approximate surface area is 190 Å². The van der Waals surface area contributed by atoms with Crippen molar-refractivity contribution in [1.29, 1.82) is 0 Å². The van der Waals surface area contributed by atoms with Gasteiger partial charge in [0, 0.05) is 28.4 Å². The highest BCUT2D eigenvalue weighted by molar-refractivity contribution is 5.72. The average Bonchev–Trinajstić information content (AvgIpc) is 2.76. The van der Waals surface area contributed by atoms with E-state index in [1.54, 1.807) is 67.6 Å².